The predicted octanol–water partition coefficient (Wildman–Crippen LogP) is 3.18. The fourth-order valence-electron chi connectivity index (χ4n) is 2.95. The van der Waals surface area contributed by atoms with E-state index in [4.69, 9.17) is 0 Å². The van der Waals surface area contributed by atoms with Crippen LogP contribution in [0.5, 0.6) is 0 Å². The molecule has 0 aromatic heterocycles. The zero-order valence-corrected chi connectivity index (χ0v) is 18.3. The second-order valence-corrected chi connectivity index (χ2v) is 7.62. The second-order valence-electron chi connectivity index (χ2n) is 6.34. The first-order valence-electron chi connectivity index (χ1n) is 8.40. The summed E-state index contributed by atoms with van der Waals surface area (Å²) in [6, 6.07) is 11.8. The number of nitrogens with one attached hydrogen (secondary N) is 2. The van der Waals surface area contributed by atoms with Gasteiger partial charge in [0.25, 0.3) is 0 Å². The Bertz CT molecular complexity index is 497. The van der Waals surface area contributed by atoms with Crippen molar-refractivity contribution >= 4 is 41.7 Å². The molecule has 0 bridgehead atoms. The monoisotopic (exact) mass is 462 g/mol. The zero-order valence-electron chi connectivity index (χ0n) is 15.2. The van der Waals surface area contributed by atoms with Crippen LogP contribution in [0.3, 0.4) is 0 Å². The minimum absolute atomic E-state index is 0. The van der Waals surface area contributed by atoms with E-state index in [9.17, 15) is 0 Å². The first kappa shape index (κ1) is 21.6. The average molecular weight is 462 g/mol. The van der Waals surface area contributed by atoms with E-state index >= 15 is 0 Å². The van der Waals surface area contributed by atoms with Crippen LogP contribution >= 0.6 is 35.7 Å². The van der Waals surface area contributed by atoms with E-state index in [0.29, 0.717) is 17.3 Å². The van der Waals surface area contributed by atoms with Gasteiger partial charge in [0.15, 0.2) is 5.96 Å². The number of thioether (sulfide) groups is 1. The molecule has 0 spiro atoms. The summed E-state index contributed by atoms with van der Waals surface area (Å²) in [4.78, 5) is 6.90. The van der Waals surface area contributed by atoms with Gasteiger partial charge in [-0.25, -0.2) is 0 Å². The van der Waals surface area contributed by atoms with Crippen molar-refractivity contribution in [2.24, 2.45) is 4.99 Å². The first-order chi connectivity index (χ1) is 11.1. The summed E-state index contributed by atoms with van der Waals surface area (Å²) in [6.07, 6.45) is 3.30. The Labute approximate surface area is 168 Å². The molecule has 1 aliphatic rings. The lowest BCUT2D eigenvalue weighted by atomic mass is 10.2. The van der Waals surface area contributed by atoms with Gasteiger partial charge in [-0.15, -0.1) is 24.0 Å². The van der Waals surface area contributed by atoms with Crippen LogP contribution in [-0.4, -0.2) is 54.6 Å². The van der Waals surface area contributed by atoms with Crippen LogP contribution in [0.25, 0.3) is 0 Å². The second kappa shape index (κ2) is 11.2. The Morgan fingerprint density at radius 3 is 2.71 bits per heavy atom. The van der Waals surface area contributed by atoms with E-state index in [2.05, 4.69) is 71.0 Å². The summed E-state index contributed by atoms with van der Waals surface area (Å²) in [5.74, 6) is 0.921. The third kappa shape index (κ3) is 6.80. The van der Waals surface area contributed by atoms with Gasteiger partial charge in [-0.2, -0.15) is 11.8 Å². The third-order valence-corrected chi connectivity index (χ3v) is 5.43. The molecule has 0 aliphatic carbocycles. The number of halogens is 1. The van der Waals surface area contributed by atoms with Crippen LogP contribution in [0.1, 0.15) is 25.8 Å². The molecule has 136 valence electrons. The average Bonchev–Trinajstić information content (AvgIpc) is 2.91. The van der Waals surface area contributed by atoms with Crippen molar-refractivity contribution in [3.05, 3.63) is 35.9 Å². The van der Waals surface area contributed by atoms with Crippen molar-refractivity contribution in [2.75, 3.05) is 26.4 Å². The summed E-state index contributed by atoms with van der Waals surface area (Å²) >= 11 is 1.87. The molecule has 1 aromatic rings. The fraction of sp³-hybridized carbons (Fsp3) is 0.611. The number of benzene rings is 1. The van der Waals surface area contributed by atoms with Gasteiger partial charge in [-0.1, -0.05) is 37.3 Å². The number of nitrogens with zero attached hydrogens (tertiary/aromatic N) is 2. The molecule has 2 N–H and O–H groups in total. The molecule has 3 atom stereocenters. The summed E-state index contributed by atoms with van der Waals surface area (Å²) < 4.78 is 0. The van der Waals surface area contributed by atoms with Gasteiger partial charge in [0.1, 0.15) is 0 Å². The summed E-state index contributed by atoms with van der Waals surface area (Å²) in [7, 11) is 1.85. The molecule has 1 heterocycles. The van der Waals surface area contributed by atoms with Crippen LogP contribution in [0, 0.1) is 0 Å². The first-order valence-corrected chi connectivity index (χ1v) is 9.69. The number of rotatable bonds is 6. The highest BCUT2D eigenvalue weighted by molar-refractivity contribution is 14.0. The van der Waals surface area contributed by atoms with Gasteiger partial charge in [0, 0.05) is 44.0 Å². The lowest BCUT2D eigenvalue weighted by Crippen LogP contribution is -2.46. The minimum atomic E-state index is 0. The highest BCUT2D eigenvalue weighted by Crippen LogP contribution is 2.20. The maximum Gasteiger partial charge on any atom is 0.191 e. The standard InChI is InChI=1S/C18H30N4S.HI/c1-14-10-17(21-18(19-3)20-11-15(2)23-4)13-22(14)12-16-8-6-5-7-9-16;/h5-9,14-15,17H,10-13H2,1-4H3,(H2,19,20,21);1H. The van der Waals surface area contributed by atoms with Crippen molar-refractivity contribution in [2.45, 2.75) is 44.1 Å². The SMILES string of the molecule is CN=C(NCC(C)SC)NC1CC(C)N(Cc2ccccc2)C1.I. The Hall–Kier alpha value is -0.470. The quantitative estimate of drug-likeness (QED) is 0.387. The molecule has 0 radical (unpaired) electrons. The van der Waals surface area contributed by atoms with Gasteiger partial charge in [-0.05, 0) is 25.2 Å². The van der Waals surface area contributed by atoms with Crippen LogP contribution in [0.15, 0.2) is 35.3 Å². The Kier molecular flexibility index (Phi) is 10.1. The maximum atomic E-state index is 4.36. The Balaban J connectivity index is 0.00000288. The Morgan fingerprint density at radius 1 is 1.38 bits per heavy atom. The molecular formula is C18H31IN4S. The van der Waals surface area contributed by atoms with Gasteiger partial charge in [-0.3, -0.25) is 9.89 Å². The summed E-state index contributed by atoms with van der Waals surface area (Å²) in [5, 5.41) is 7.59. The third-order valence-electron chi connectivity index (χ3n) is 4.46. The zero-order chi connectivity index (χ0) is 16.7. The smallest absolute Gasteiger partial charge is 0.191 e. The van der Waals surface area contributed by atoms with E-state index in [1.165, 1.54) is 5.56 Å². The fourth-order valence-corrected chi connectivity index (χ4v) is 3.20. The Morgan fingerprint density at radius 2 is 2.08 bits per heavy atom. The lowest BCUT2D eigenvalue weighted by molar-refractivity contribution is 0.258. The van der Waals surface area contributed by atoms with E-state index in [0.717, 1.165) is 32.0 Å². The molecule has 1 saturated heterocycles. The molecule has 0 amide bonds. The normalized spacial score (nSPS) is 22.8. The molecule has 1 aliphatic heterocycles. The molecular weight excluding hydrogens is 431 g/mol. The van der Waals surface area contributed by atoms with Gasteiger partial charge < -0.3 is 10.6 Å². The van der Waals surface area contributed by atoms with Crippen LogP contribution in [0.4, 0.5) is 0 Å². The van der Waals surface area contributed by atoms with Crippen LogP contribution < -0.4 is 10.6 Å². The van der Waals surface area contributed by atoms with Gasteiger partial charge >= 0.3 is 0 Å². The maximum absolute atomic E-state index is 4.36. The molecule has 0 saturated carbocycles. The molecule has 24 heavy (non-hydrogen) atoms. The van der Waals surface area contributed by atoms with Crippen molar-refractivity contribution in [1.29, 1.82) is 0 Å². The van der Waals surface area contributed by atoms with Crippen molar-refractivity contribution < 1.29 is 0 Å². The highest BCUT2D eigenvalue weighted by atomic mass is 127. The van der Waals surface area contributed by atoms with Crippen molar-refractivity contribution in [1.82, 2.24) is 15.5 Å². The molecule has 1 aromatic carbocycles. The number of hydrogen-bond acceptors (Lipinski definition) is 3. The van der Waals surface area contributed by atoms with Gasteiger partial charge in [0.05, 0.1) is 0 Å². The lowest BCUT2D eigenvalue weighted by Gasteiger charge is -2.21. The number of aliphatic imine (C=N–C) groups is 1. The molecule has 3 unspecified atom stereocenters. The molecule has 1 fully saturated rings. The van der Waals surface area contributed by atoms with Gasteiger partial charge in [0.2, 0.25) is 0 Å². The minimum Gasteiger partial charge on any atom is -0.355 e. The van der Waals surface area contributed by atoms with Crippen LogP contribution in [-0.2, 0) is 6.54 Å². The molecule has 4 nitrogen and oxygen atoms in total. The summed E-state index contributed by atoms with van der Waals surface area (Å²) in [6.45, 7) is 7.57. The predicted molar refractivity (Wildman–Crippen MR) is 118 cm³/mol. The van der Waals surface area contributed by atoms with Crippen molar-refractivity contribution in [3.63, 3.8) is 0 Å². The van der Waals surface area contributed by atoms with E-state index in [-0.39, 0.29) is 24.0 Å². The number of likely N-dealkylation sites (tertiary alicyclic amines) is 1. The van der Waals surface area contributed by atoms with Crippen molar-refractivity contribution in [3.8, 4) is 0 Å². The van der Waals surface area contributed by atoms with E-state index < -0.39 is 0 Å². The van der Waals surface area contributed by atoms with Crippen LogP contribution in [0.2, 0.25) is 0 Å². The van der Waals surface area contributed by atoms with E-state index in [1.807, 2.05) is 18.8 Å². The molecule has 6 heteroatoms. The number of hydrogen-bond donors (Lipinski definition) is 2. The number of guanidine groups is 1. The summed E-state index contributed by atoms with van der Waals surface area (Å²) in [5.41, 5.74) is 1.39. The molecule has 2 rings (SSSR count). The van der Waals surface area contributed by atoms with E-state index in [1.54, 1.807) is 0 Å². The highest BCUT2D eigenvalue weighted by Gasteiger charge is 2.29. The topological polar surface area (TPSA) is 39.7 Å². The largest absolute Gasteiger partial charge is 0.355 e.